The van der Waals surface area contributed by atoms with Crippen molar-refractivity contribution in [2.45, 2.75) is 0 Å². The van der Waals surface area contributed by atoms with E-state index in [9.17, 15) is 14.9 Å². The highest BCUT2D eigenvalue weighted by Gasteiger charge is 2.11. The lowest BCUT2D eigenvalue weighted by atomic mass is 10.2. The second-order valence-corrected chi connectivity index (χ2v) is 5.53. The predicted molar refractivity (Wildman–Crippen MR) is 110 cm³/mol. The first-order valence-electron chi connectivity index (χ1n) is 8.20. The summed E-state index contributed by atoms with van der Waals surface area (Å²) in [6, 6.07) is 23.2. The summed E-state index contributed by atoms with van der Waals surface area (Å²) in [6.07, 6.45) is 0.833. The first-order valence-corrected chi connectivity index (χ1v) is 8.20. The summed E-state index contributed by atoms with van der Waals surface area (Å²) < 4.78 is 0. The number of hydrogen-bond donors (Lipinski definition) is 3. The Bertz CT molecular complexity index is 977. The Kier molecular flexibility index (Phi) is 7.24. The third-order valence-corrected chi connectivity index (χ3v) is 3.42. The molecule has 4 rings (SSSR count). The highest BCUT2D eigenvalue weighted by molar-refractivity contribution is 5.76. The zero-order chi connectivity index (χ0) is 20.4. The third-order valence-electron chi connectivity index (χ3n) is 3.42. The molecule has 0 radical (unpaired) electrons. The molecule has 0 saturated heterocycles. The number of fused-ring (bicyclic) bond motifs is 1. The van der Waals surface area contributed by atoms with Crippen molar-refractivity contribution in [2.75, 3.05) is 11.5 Å². The molecule has 0 saturated carbocycles. The highest BCUT2D eigenvalue weighted by atomic mass is 16.6. The Labute approximate surface area is 161 Å². The molecule has 5 N–H and O–H groups in total. The van der Waals surface area contributed by atoms with Crippen LogP contribution in [0.3, 0.4) is 0 Å². The molecule has 8 heteroatoms. The van der Waals surface area contributed by atoms with E-state index in [-0.39, 0.29) is 5.95 Å². The zero-order valence-electron chi connectivity index (χ0n) is 14.9. The molecular formula is C20H19N5O3. The third kappa shape index (κ3) is 6.26. The van der Waals surface area contributed by atoms with Gasteiger partial charge >= 0.3 is 5.95 Å². The minimum absolute atomic E-state index is 0.212. The number of H-pyrrole nitrogens is 1. The van der Waals surface area contributed by atoms with Crippen LogP contribution in [-0.4, -0.2) is 21.2 Å². The van der Waals surface area contributed by atoms with Crippen LogP contribution < -0.4 is 11.5 Å². The van der Waals surface area contributed by atoms with Gasteiger partial charge in [0.2, 0.25) is 0 Å². The van der Waals surface area contributed by atoms with Crippen molar-refractivity contribution in [2.24, 2.45) is 0 Å². The molecule has 0 unspecified atom stereocenters. The van der Waals surface area contributed by atoms with E-state index in [2.05, 4.69) is 9.97 Å². The van der Waals surface area contributed by atoms with E-state index in [1.54, 1.807) is 60.7 Å². The molecule has 1 heterocycles. The lowest BCUT2D eigenvalue weighted by Gasteiger charge is -1.90. The Hall–Kier alpha value is -4.20. The molecule has 0 fully saturated rings. The molecule has 142 valence electrons. The van der Waals surface area contributed by atoms with Crippen LogP contribution in [0, 0.1) is 10.1 Å². The van der Waals surface area contributed by atoms with Gasteiger partial charge < -0.3 is 21.6 Å². The molecular weight excluding hydrogens is 358 g/mol. The number of nitrogens with zero attached hydrogens (tertiary/aromatic N) is 2. The van der Waals surface area contributed by atoms with E-state index in [0.29, 0.717) is 11.0 Å². The Morgan fingerprint density at radius 1 is 0.857 bits per heavy atom. The summed E-state index contributed by atoms with van der Waals surface area (Å²) in [7, 11) is 0. The van der Waals surface area contributed by atoms with Crippen LogP contribution in [0.25, 0.3) is 11.0 Å². The topological polar surface area (TPSA) is 141 Å². The molecule has 1 aromatic heterocycles. The first kappa shape index (κ1) is 20.1. The molecule has 0 atom stereocenters. The van der Waals surface area contributed by atoms with E-state index >= 15 is 0 Å². The molecule has 0 aliphatic heterocycles. The van der Waals surface area contributed by atoms with Crippen LogP contribution in [0.5, 0.6) is 0 Å². The van der Waals surface area contributed by atoms with E-state index in [1.165, 1.54) is 0 Å². The number of benzene rings is 3. The summed E-state index contributed by atoms with van der Waals surface area (Å²) in [5.41, 5.74) is 14.3. The summed E-state index contributed by atoms with van der Waals surface area (Å²) in [6.45, 7) is 0. The number of nitrogens with two attached hydrogens (primary N) is 2. The molecule has 0 amide bonds. The molecule has 4 aromatic rings. The number of imidazole rings is 1. The number of para-hydroxylation sites is 2. The maximum atomic E-state index is 10.3. The highest BCUT2D eigenvalue weighted by Crippen LogP contribution is 2.14. The van der Waals surface area contributed by atoms with Gasteiger partial charge in [-0.05, 0) is 41.3 Å². The average Bonchev–Trinajstić information content (AvgIpc) is 3.17. The van der Waals surface area contributed by atoms with Crippen LogP contribution in [0.15, 0.2) is 78.9 Å². The molecule has 0 aliphatic rings. The molecule has 28 heavy (non-hydrogen) atoms. The van der Waals surface area contributed by atoms with Crippen LogP contribution in [-0.2, 0) is 0 Å². The standard InChI is InChI=1S/C7H5N3O2.C7H6O.C6H8N2/c11-10(12)7-8-5-3-1-2-4-6(5)9-7;8-6-7-4-2-1-3-5-7;7-5-1-2-6(8)4-3-5/h1-4H,(H,8,9);1-6H;1-4H,7-8H2. The number of rotatable bonds is 2. The van der Waals surface area contributed by atoms with Crippen LogP contribution in [0.4, 0.5) is 17.3 Å². The second-order valence-electron chi connectivity index (χ2n) is 5.53. The SMILES string of the molecule is Nc1ccc(N)cc1.O=Cc1ccccc1.O=[N+]([O-])c1nc2ccccc2[nH]1. The van der Waals surface area contributed by atoms with Gasteiger partial charge in [-0.1, -0.05) is 47.4 Å². The van der Waals surface area contributed by atoms with Crippen molar-refractivity contribution in [3.63, 3.8) is 0 Å². The quantitative estimate of drug-likeness (QED) is 0.210. The Morgan fingerprint density at radius 2 is 1.39 bits per heavy atom. The monoisotopic (exact) mass is 377 g/mol. The Balaban J connectivity index is 0.000000156. The smallest absolute Gasteiger partial charge is 0.399 e. The fourth-order valence-corrected chi connectivity index (χ4v) is 2.05. The fraction of sp³-hybridized carbons (Fsp3) is 0. The van der Waals surface area contributed by atoms with Gasteiger partial charge in [-0.25, -0.2) is 4.98 Å². The summed E-state index contributed by atoms with van der Waals surface area (Å²) in [5.74, 6) is -0.212. The number of carbonyl (C=O) groups excluding carboxylic acids is 1. The number of aldehydes is 1. The molecule has 0 bridgehead atoms. The van der Waals surface area contributed by atoms with Gasteiger partial charge in [-0.15, -0.1) is 0 Å². The number of anilines is 2. The number of aromatic nitrogens is 2. The van der Waals surface area contributed by atoms with Crippen LogP contribution in [0.2, 0.25) is 0 Å². The van der Waals surface area contributed by atoms with Gasteiger partial charge in [0.05, 0.1) is 0 Å². The van der Waals surface area contributed by atoms with Crippen LogP contribution >= 0.6 is 0 Å². The maximum absolute atomic E-state index is 10.3. The number of nitro groups is 1. The lowest BCUT2D eigenvalue weighted by Crippen LogP contribution is -1.88. The molecule has 3 aromatic carbocycles. The van der Waals surface area contributed by atoms with Crippen LogP contribution in [0.1, 0.15) is 10.4 Å². The number of nitrogen functional groups attached to an aromatic ring is 2. The molecule has 0 aliphatic carbocycles. The fourth-order valence-electron chi connectivity index (χ4n) is 2.05. The van der Waals surface area contributed by atoms with Gasteiger partial charge in [-0.3, -0.25) is 4.79 Å². The largest absolute Gasteiger partial charge is 0.433 e. The Morgan fingerprint density at radius 3 is 1.86 bits per heavy atom. The second kappa shape index (κ2) is 10.1. The van der Waals surface area contributed by atoms with Gasteiger partial charge in [0.15, 0.2) is 5.52 Å². The van der Waals surface area contributed by atoms with Crippen molar-refractivity contribution in [3.8, 4) is 0 Å². The number of aromatic amines is 1. The lowest BCUT2D eigenvalue weighted by molar-refractivity contribution is -0.393. The van der Waals surface area contributed by atoms with E-state index in [0.717, 1.165) is 23.2 Å². The van der Waals surface area contributed by atoms with Gasteiger partial charge in [0, 0.05) is 16.9 Å². The van der Waals surface area contributed by atoms with Crippen molar-refractivity contribution in [1.82, 2.24) is 9.97 Å². The maximum Gasteiger partial charge on any atom is 0.433 e. The van der Waals surface area contributed by atoms with Gasteiger partial charge in [0.1, 0.15) is 11.8 Å². The molecule has 0 spiro atoms. The summed E-state index contributed by atoms with van der Waals surface area (Å²) in [4.78, 5) is 26.1. The van der Waals surface area contributed by atoms with Crippen molar-refractivity contribution in [3.05, 3.63) is 94.5 Å². The van der Waals surface area contributed by atoms with Gasteiger partial charge in [-0.2, -0.15) is 0 Å². The van der Waals surface area contributed by atoms with Crippen molar-refractivity contribution < 1.29 is 9.72 Å². The van der Waals surface area contributed by atoms with E-state index in [1.807, 2.05) is 18.2 Å². The number of carbonyl (C=O) groups is 1. The zero-order valence-corrected chi connectivity index (χ0v) is 14.9. The normalized spacial score (nSPS) is 9.43. The van der Waals surface area contributed by atoms with E-state index in [4.69, 9.17) is 11.5 Å². The molecule has 8 nitrogen and oxygen atoms in total. The average molecular weight is 377 g/mol. The van der Waals surface area contributed by atoms with Crippen molar-refractivity contribution in [1.29, 1.82) is 0 Å². The summed E-state index contributed by atoms with van der Waals surface area (Å²) in [5, 5.41) is 10.3. The van der Waals surface area contributed by atoms with Crippen molar-refractivity contribution >= 4 is 34.6 Å². The summed E-state index contributed by atoms with van der Waals surface area (Å²) >= 11 is 0. The number of nitrogens with one attached hydrogen (secondary N) is 1. The van der Waals surface area contributed by atoms with Gasteiger partial charge in [0.25, 0.3) is 0 Å². The minimum Gasteiger partial charge on any atom is -0.399 e. The minimum atomic E-state index is -0.542. The first-order chi connectivity index (χ1) is 13.5. The predicted octanol–water partition coefficient (Wildman–Crippen LogP) is 3.82. The van der Waals surface area contributed by atoms with E-state index < -0.39 is 4.92 Å². The number of hydrogen-bond acceptors (Lipinski definition) is 6.